The van der Waals surface area contributed by atoms with E-state index < -0.39 is 22.9 Å². The van der Waals surface area contributed by atoms with Crippen LogP contribution in [0.1, 0.15) is 90.1 Å². The van der Waals surface area contributed by atoms with Crippen LogP contribution in [0.25, 0.3) is 0 Å². The van der Waals surface area contributed by atoms with Gasteiger partial charge in [-0.05, 0) is 70.3 Å². The van der Waals surface area contributed by atoms with Crippen LogP contribution in [0.3, 0.4) is 0 Å². The Kier molecular flexibility index (Phi) is 8.57. The van der Waals surface area contributed by atoms with Crippen LogP contribution < -0.4 is 5.73 Å². The van der Waals surface area contributed by atoms with Crippen molar-refractivity contribution in [1.82, 2.24) is 4.90 Å². The van der Waals surface area contributed by atoms with Crippen molar-refractivity contribution < 1.29 is 23.9 Å². The molecule has 7 nitrogen and oxygen atoms in total. The summed E-state index contributed by atoms with van der Waals surface area (Å²) >= 11 is 0. The highest BCUT2D eigenvalue weighted by atomic mass is 16.6. The quantitative estimate of drug-likeness (QED) is 0.350. The van der Waals surface area contributed by atoms with Crippen molar-refractivity contribution in [2.24, 2.45) is 17.1 Å². The molecule has 1 aromatic carbocycles. The predicted octanol–water partition coefficient (Wildman–Crippen LogP) is 5.10. The summed E-state index contributed by atoms with van der Waals surface area (Å²) in [4.78, 5) is 39.6. The molecule has 1 atom stereocenters. The van der Waals surface area contributed by atoms with E-state index in [9.17, 15) is 14.4 Å². The van der Waals surface area contributed by atoms with Crippen LogP contribution in [-0.4, -0.2) is 47.0 Å². The lowest BCUT2D eigenvalue weighted by atomic mass is 9.71. The summed E-state index contributed by atoms with van der Waals surface area (Å²) in [7, 11) is 1.20. The molecular formula is C27H42N2O5. The molecule has 1 fully saturated rings. The van der Waals surface area contributed by atoms with Gasteiger partial charge >= 0.3 is 12.1 Å². The number of hydrogen-bond donors (Lipinski definition) is 1. The summed E-state index contributed by atoms with van der Waals surface area (Å²) < 4.78 is 10.4. The van der Waals surface area contributed by atoms with E-state index in [2.05, 4.69) is 25.5 Å². The first-order valence-electron chi connectivity index (χ1n) is 12.1. The third-order valence-corrected chi connectivity index (χ3v) is 6.64. The zero-order chi connectivity index (χ0) is 25.9. The maximum Gasteiger partial charge on any atom is 0.410 e. The number of carbonyl (C=O) groups is 3. The molecule has 2 rings (SSSR count). The minimum atomic E-state index is -1.76. The lowest BCUT2D eigenvalue weighted by molar-refractivity contribution is -0.144. The summed E-state index contributed by atoms with van der Waals surface area (Å²) in [5, 5.41) is 0. The summed E-state index contributed by atoms with van der Waals surface area (Å²) in [6.45, 7) is 14.1. The van der Waals surface area contributed by atoms with Gasteiger partial charge in [0.2, 0.25) is 0 Å². The van der Waals surface area contributed by atoms with Crippen molar-refractivity contribution >= 4 is 17.8 Å². The molecule has 1 aliphatic carbocycles. The molecule has 0 radical (unpaired) electrons. The normalized spacial score (nSPS) is 20.7. The Bertz CT molecular complexity index is 870. The number of methoxy groups -OCH3 is 1. The fraction of sp³-hybridized carbons (Fsp3) is 0.667. The van der Waals surface area contributed by atoms with Crippen molar-refractivity contribution in [3.8, 4) is 0 Å². The van der Waals surface area contributed by atoms with Crippen molar-refractivity contribution in [3.63, 3.8) is 0 Å². The number of carbonyl (C=O) groups excluding carboxylic acids is 3. The molecule has 0 aromatic heterocycles. The van der Waals surface area contributed by atoms with E-state index in [0.29, 0.717) is 18.0 Å². The SMILES string of the molecule is COC(=O)C(C)(N)C(=O)c1ccc(CN(C(=O)OC(C)(C)C)[C@H]2CC[C@H](C(C)(C)C)CC2)cc1. The summed E-state index contributed by atoms with van der Waals surface area (Å²) in [5.74, 6) is -0.672. The molecule has 190 valence electrons. The molecule has 0 heterocycles. The fourth-order valence-electron chi connectivity index (χ4n) is 4.48. The fourth-order valence-corrected chi connectivity index (χ4v) is 4.48. The highest BCUT2D eigenvalue weighted by Crippen LogP contribution is 2.39. The molecule has 1 amide bonds. The van der Waals surface area contributed by atoms with Gasteiger partial charge in [-0.25, -0.2) is 9.59 Å². The van der Waals surface area contributed by atoms with Crippen LogP contribution in [0.4, 0.5) is 4.79 Å². The van der Waals surface area contributed by atoms with Gasteiger partial charge in [0, 0.05) is 18.2 Å². The standard InChI is InChI=1S/C27H42N2O5/c1-25(2,3)20-13-15-21(16-14-20)29(24(32)34-26(4,5)6)17-18-9-11-19(12-10-18)22(30)27(7,28)23(31)33-8/h9-12,20-21H,13-17,28H2,1-8H3/t20-,21-,27?. The molecular weight excluding hydrogens is 432 g/mol. The largest absolute Gasteiger partial charge is 0.467 e. The number of nitrogens with two attached hydrogens (primary N) is 1. The Morgan fingerprint density at radius 2 is 1.47 bits per heavy atom. The van der Waals surface area contributed by atoms with Crippen LogP contribution in [0.2, 0.25) is 0 Å². The van der Waals surface area contributed by atoms with E-state index in [1.165, 1.54) is 14.0 Å². The zero-order valence-corrected chi connectivity index (χ0v) is 22.1. The second-order valence-electron chi connectivity index (χ2n) is 11.7. The zero-order valence-electron chi connectivity index (χ0n) is 22.1. The molecule has 7 heteroatoms. The van der Waals surface area contributed by atoms with E-state index >= 15 is 0 Å². The van der Waals surface area contributed by atoms with Gasteiger partial charge in [-0.3, -0.25) is 4.79 Å². The topological polar surface area (TPSA) is 98.9 Å². The maximum absolute atomic E-state index is 13.1. The van der Waals surface area contributed by atoms with Crippen LogP contribution in [0.5, 0.6) is 0 Å². The van der Waals surface area contributed by atoms with Crippen molar-refractivity contribution in [1.29, 1.82) is 0 Å². The number of ketones is 1. The number of rotatable bonds is 6. The Hall–Kier alpha value is -2.41. The van der Waals surface area contributed by atoms with Gasteiger partial charge in [0.15, 0.2) is 11.3 Å². The maximum atomic E-state index is 13.1. The average Bonchev–Trinajstić information content (AvgIpc) is 2.75. The van der Waals surface area contributed by atoms with Crippen molar-refractivity contribution in [2.75, 3.05) is 7.11 Å². The third kappa shape index (κ3) is 7.05. The summed E-state index contributed by atoms with van der Waals surface area (Å²) in [6, 6.07) is 6.95. The van der Waals surface area contributed by atoms with E-state index in [0.717, 1.165) is 31.2 Å². The summed E-state index contributed by atoms with van der Waals surface area (Å²) in [6.07, 6.45) is 3.68. The molecule has 1 aromatic rings. The molecule has 1 aliphatic rings. The Morgan fingerprint density at radius 1 is 0.941 bits per heavy atom. The van der Waals surface area contributed by atoms with Gasteiger partial charge in [0.1, 0.15) is 5.60 Å². The molecule has 0 spiro atoms. The van der Waals surface area contributed by atoms with Crippen LogP contribution in [0.15, 0.2) is 24.3 Å². The highest BCUT2D eigenvalue weighted by Gasteiger charge is 2.39. The van der Waals surface area contributed by atoms with Crippen molar-refractivity contribution in [3.05, 3.63) is 35.4 Å². The highest BCUT2D eigenvalue weighted by molar-refractivity contribution is 6.15. The predicted molar refractivity (Wildman–Crippen MR) is 132 cm³/mol. The minimum Gasteiger partial charge on any atom is -0.467 e. The molecule has 0 bridgehead atoms. The van der Waals surface area contributed by atoms with Gasteiger partial charge in [-0.1, -0.05) is 45.0 Å². The van der Waals surface area contributed by atoms with Crippen LogP contribution >= 0.6 is 0 Å². The van der Waals surface area contributed by atoms with Gasteiger partial charge in [-0.2, -0.15) is 0 Å². The van der Waals surface area contributed by atoms with Crippen LogP contribution in [0, 0.1) is 11.3 Å². The Morgan fingerprint density at radius 3 is 1.91 bits per heavy atom. The smallest absolute Gasteiger partial charge is 0.410 e. The van der Waals surface area contributed by atoms with Gasteiger partial charge in [0.25, 0.3) is 0 Å². The first-order chi connectivity index (χ1) is 15.6. The molecule has 1 unspecified atom stereocenters. The van der Waals surface area contributed by atoms with Crippen LogP contribution in [-0.2, 0) is 20.8 Å². The van der Waals surface area contributed by atoms with E-state index in [-0.39, 0.29) is 17.6 Å². The average molecular weight is 475 g/mol. The molecule has 0 aliphatic heterocycles. The number of amides is 1. The number of Topliss-reactive ketones (excluding diaryl/α,β-unsaturated/α-hetero) is 1. The Balaban J connectivity index is 2.20. The van der Waals surface area contributed by atoms with E-state index in [1.807, 2.05) is 25.7 Å². The van der Waals surface area contributed by atoms with E-state index in [4.69, 9.17) is 10.5 Å². The molecule has 34 heavy (non-hydrogen) atoms. The minimum absolute atomic E-state index is 0.0985. The van der Waals surface area contributed by atoms with Crippen molar-refractivity contribution in [2.45, 2.75) is 97.9 Å². The second-order valence-corrected chi connectivity index (χ2v) is 11.7. The van der Waals surface area contributed by atoms with Gasteiger partial charge < -0.3 is 20.1 Å². The van der Waals surface area contributed by atoms with Gasteiger partial charge in [-0.15, -0.1) is 0 Å². The third-order valence-electron chi connectivity index (χ3n) is 6.64. The first-order valence-corrected chi connectivity index (χ1v) is 12.1. The summed E-state index contributed by atoms with van der Waals surface area (Å²) in [5.41, 5.74) is 5.00. The number of benzene rings is 1. The molecule has 2 N–H and O–H groups in total. The molecule has 0 saturated heterocycles. The Labute approximate surface area is 204 Å². The van der Waals surface area contributed by atoms with E-state index in [1.54, 1.807) is 24.3 Å². The number of hydrogen-bond acceptors (Lipinski definition) is 6. The number of ether oxygens (including phenoxy) is 2. The first kappa shape index (κ1) is 27.8. The lowest BCUT2D eigenvalue weighted by Crippen LogP contribution is -2.52. The second kappa shape index (κ2) is 10.5. The number of nitrogens with zero attached hydrogens (tertiary/aromatic N) is 1. The number of esters is 1. The van der Waals surface area contributed by atoms with Gasteiger partial charge in [0.05, 0.1) is 7.11 Å². The molecule has 1 saturated carbocycles. The lowest BCUT2D eigenvalue weighted by Gasteiger charge is -2.41. The monoisotopic (exact) mass is 474 g/mol.